The maximum absolute atomic E-state index is 14.3. The van der Waals surface area contributed by atoms with E-state index < -0.39 is 5.82 Å². The van der Waals surface area contributed by atoms with Crippen LogP contribution in [0.3, 0.4) is 0 Å². The summed E-state index contributed by atoms with van der Waals surface area (Å²) in [5.74, 6) is -0.0153. The minimum absolute atomic E-state index is 0.0313. The fourth-order valence-corrected chi connectivity index (χ4v) is 4.26. The predicted octanol–water partition coefficient (Wildman–Crippen LogP) is 4.02. The van der Waals surface area contributed by atoms with Crippen molar-refractivity contribution in [1.29, 1.82) is 0 Å². The summed E-state index contributed by atoms with van der Waals surface area (Å²) < 4.78 is 14.3. The molecule has 1 aromatic heterocycles. The highest BCUT2D eigenvalue weighted by Crippen LogP contribution is 2.34. The molecule has 0 spiro atoms. The monoisotopic (exact) mass is 429 g/mol. The molecule has 2 aromatic carbocycles. The van der Waals surface area contributed by atoms with Gasteiger partial charge in [-0.25, -0.2) is 4.39 Å². The third-order valence-corrected chi connectivity index (χ3v) is 6.01. The van der Waals surface area contributed by atoms with Gasteiger partial charge in [-0.2, -0.15) is 5.10 Å². The third kappa shape index (κ3) is 4.33. The van der Waals surface area contributed by atoms with Crippen molar-refractivity contribution in [3.05, 3.63) is 47.2 Å². The summed E-state index contributed by atoms with van der Waals surface area (Å²) in [5.41, 5.74) is 7.31. The first-order chi connectivity index (χ1) is 14.6. The van der Waals surface area contributed by atoms with Crippen molar-refractivity contribution in [2.75, 3.05) is 31.5 Å². The summed E-state index contributed by atoms with van der Waals surface area (Å²) in [6.07, 6.45) is 2.61. The van der Waals surface area contributed by atoms with Crippen LogP contribution in [0.25, 0.3) is 22.0 Å². The van der Waals surface area contributed by atoms with Gasteiger partial charge in [0.1, 0.15) is 5.82 Å². The van der Waals surface area contributed by atoms with Gasteiger partial charge in [-0.1, -0.05) is 23.7 Å². The lowest BCUT2D eigenvalue weighted by molar-refractivity contribution is -0.121. The molecule has 6 nitrogen and oxygen atoms in total. The first-order valence-corrected chi connectivity index (χ1v) is 10.6. The first kappa shape index (κ1) is 20.8. The lowest BCUT2D eigenvalue weighted by Gasteiger charge is -2.30. The summed E-state index contributed by atoms with van der Waals surface area (Å²) in [7, 11) is 0. The minimum atomic E-state index is -0.391. The van der Waals surface area contributed by atoms with Crippen molar-refractivity contribution in [3.63, 3.8) is 0 Å². The highest BCUT2D eigenvalue weighted by Gasteiger charge is 2.25. The zero-order chi connectivity index (χ0) is 21.1. The number of anilines is 1. The number of aromatic nitrogens is 2. The van der Waals surface area contributed by atoms with E-state index in [1.807, 2.05) is 6.07 Å². The van der Waals surface area contributed by atoms with Crippen LogP contribution in [0.2, 0.25) is 5.02 Å². The van der Waals surface area contributed by atoms with Gasteiger partial charge >= 0.3 is 0 Å². The van der Waals surface area contributed by atoms with Crippen molar-refractivity contribution >= 4 is 34.2 Å². The van der Waals surface area contributed by atoms with Crippen LogP contribution in [0, 0.1) is 11.7 Å². The molecule has 4 rings (SSSR count). The zero-order valence-electron chi connectivity index (χ0n) is 16.6. The molecule has 0 saturated carbocycles. The van der Waals surface area contributed by atoms with Gasteiger partial charge < -0.3 is 16.0 Å². The highest BCUT2D eigenvalue weighted by molar-refractivity contribution is 6.33. The summed E-state index contributed by atoms with van der Waals surface area (Å²) >= 11 is 6.21. The van der Waals surface area contributed by atoms with Crippen LogP contribution in [-0.2, 0) is 4.79 Å². The van der Waals surface area contributed by atoms with Crippen molar-refractivity contribution in [2.45, 2.75) is 19.3 Å². The third-order valence-electron chi connectivity index (χ3n) is 5.69. The average molecular weight is 430 g/mol. The largest absolute Gasteiger partial charge is 0.330 e. The Morgan fingerprint density at radius 3 is 2.83 bits per heavy atom. The van der Waals surface area contributed by atoms with E-state index in [-0.39, 0.29) is 11.8 Å². The van der Waals surface area contributed by atoms with E-state index in [0.717, 1.165) is 49.8 Å². The van der Waals surface area contributed by atoms with Gasteiger partial charge in [0.15, 0.2) is 5.82 Å². The minimum Gasteiger partial charge on any atom is -0.330 e. The highest BCUT2D eigenvalue weighted by atomic mass is 35.5. The average Bonchev–Trinajstić information content (AvgIpc) is 3.14. The van der Waals surface area contributed by atoms with Crippen LogP contribution in [0.4, 0.5) is 10.2 Å². The summed E-state index contributed by atoms with van der Waals surface area (Å²) in [4.78, 5) is 15.2. The lowest BCUT2D eigenvalue weighted by Crippen LogP contribution is -2.39. The number of hydrogen-bond donors (Lipinski definition) is 3. The number of carbonyl (C=O) groups excluding carboxylic acids is 1. The van der Waals surface area contributed by atoms with Gasteiger partial charge in [-0.15, -0.1) is 0 Å². The molecule has 1 aliphatic rings. The maximum Gasteiger partial charge on any atom is 0.228 e. The van der Waals surface area contributed by atoms with E-state index in [4.69, 9.17) is 17.3 Å². The van der Waals surface area contributed by atoms with Crippen molar-refractivity contribution in [1.82, 2.24) is 15.1 Å². The maximum atomic E-state index is 14.3. The number of rotatable bonds is 6. The molecule has 0 aliphatic carbocycles. The van der Waals surface area contributed by atoms with Crippen LogP contribution in [0.5, 0.6) is 0 Å². The van der Waals surface area contributed by atoms with Gasteiger partial charge in [-0.05, 0) is 75.3 Å². The summed E-state index contributed by atoms with van der Waals surface area (Å²) in [6, 6.07) is 10.0. The smallest absolute Gasteiger partial charge is 0.228 e. The molecule has 1 fully saturated rings. The van der Waals surface area contributed by atoms with E-state index in [1.54, 1.807) is 24.3 Å². The number of hydrogen-bond acceptors (Lipinski definition) is 4. The molecule has 1 amide bonds. The quantitative estimate of drug-likeness (QED) is 0.552. The van der Waals surface area contributed by atoms with Crippen LogP contribution >= 0.6 is 11.6 Å². The predicted molar refractivity (Wildman–Crippen MR) is 118 cm³/mol. The van der Waals surface area contributed by atoms with Gasteiger partial charge in [0, 0.05) is 16.9 Å². The topological polar surface area (TPSA) is 87.0 Å². The molecule has 30 heavy (non-hydrogen) atoms. The Morgan fingerprint density at radius 2 is 2.10 bits per heavy atom. The Kier molecular flexibility index (Phi) is 6.32. The molecule has 4 N–H and O–H groups in total. The number of piperidine rings is 1. The molecule has 0 radical (unpaired) electrons. The molecule has 2 heterocycles. The Hall–Kier alpha value is -2.48. The number of nitrogens with two attached hydrogens (primary N) is 1. The van der Waals surface area contributed by atoms with Gasteiger partial charge in [-0.3, -0.25) is 9.89 Å². The normalized spacial score (nSPS) is 15.6. The van der Waals surface area contributed by atoms with Crippen molar-refractivity contribution < 1.29 is 9.18 Å². The number of benzene rings is 2. The second-order valence-electron chi connectivity index (χ2n) is 7.68. The second kappa shape index (κ2) is 9.12. The molecular weight excluding hydrogens is 405 g/mol. The fraction of sp³-hybridized carbons (Fsp3) is 0.364. The molecule has 0 unspecified atom stereocenters. The van der Waals surface area contributed by atoms with E-state index in [2.05, 4.69) is 20.4 Å². The fourth-order valence-electron chi connectivity index (χ4n) is 3.99. The number of H-pyrrole nitrogens is 1. The molecule has 158 valence electrons. The molecule has 8 heteroatoms. The summed E-state index contributed by atoms with van der Waals surface area (Å²) in [5, 5.41) is 11.2. The number of carbonyl (C=O) groups is 1. The molecule has 0 atom stereocenters. The van der Waals surface area contributed by atoms with Crippen LogP contribution in [0.1, 0.15) is 19.3 Å². The molecule has 1 aliphatic heterocycles. The Morgan fingerprint density at radius 1 is 1.30 bits per heavy atom. The number of fused-ring (bicyclic) bond motifs is 1. The number of nitrogens with zero attached hydrogens (tertiary/aromatic N) is 2. The molecule has 0 bridgehead atoms. The Labute approximate surface area is 179 Å². The lowest BCUT2D eigenvalue weighted by atomic mass is 9.95. The van der Waals surface area contributed by atoms with Crippen molar-refractivity contribution in [3.8, 4) is 11.1 Å². The summed E-state index contributed by atoms with van der Waals surface area (Å²) in [6.45, 7) is 3.47. The number of halogens is 2. The van der Waals surface area contributed by atoms with E-state index in [9.17, 15) is 9.18 Å². The molecule has 1 saturated heterocycles. The van der Waals surface area contributed by atoms with Gasteiger partial charge in [0.05, 0.1) is 10.5 Å². The van der Waals surface area contributed by atoms with Crippen LogP contribution in [0.15, 0.2) is 36.4 Å². The van der Waals surface area contributed by atoms with E-state index in [0.29, 0.717) is 28.5 Å². The molecular formula is C22H25ClFN5O. The van der Waals surface area contributed by atoms with Crippen LogP contribution in [-0.4, -0.2) is 47.2 Å². The SMILES string of the molecule is NCCCN1CCC(C(=O)Nc2n[nH]c3ccc(-c4c(F)cccc4Cl)cc23)CC1. The number of nitrogens with one attached hydrogen (secondary N) is 2. The second-order valence-corrected chi connectivity index (χ2v) is 8.08. The van der Waals surface area contributed by atoms with Crippen LogP contribution < -0.4 is 11.1 Å². The van der Waals surface area contributed by atoms with Gasteiger partial charge in [0.2, 0.25) is 5.91 Å². The Bertz CT molecular complexity index is 1020. The van der Waals surface area contributed by atoms with E-state index in [1.165, 1.54) is 6.07 Å². The Balaban J connectivity index is 1.51. The first-order valence-electron chi connectivity index (χ1n) is 10.2. The van der Waals surface area contributed by atoms with E-state index >= 15 is 0 Å². The number of aromatic amines is 1. The standard InChI is InChI=1S/C22H25ClFN5O/c23-17-3-1-4-18(24)20(17)15-5-6-19-16(13-15)21(28-27-19)26-22(30)14-7-11-29(12-8-14)10-2-9-25/h1,3-6,13-14H,2,7-12,25H2,(H2,26,27,28,30). The zero-order valence-corrected chi connectivity index (χ0v) is 17.4. The number of likely N-dealkylation sites (tertiary alicyclic amines) is 1. The molecule has 3 aromatic rings. The van der Waals surface area contributed by atoms with Gasteiger partial charge in [0.25, 0.3) is 0 Å². The number of amides is 1. The van der Waals surface area contributed by atoms with Crippen molar-refractivity contribution in [2.24, 2.45) is 11.7 Å².